The number of ether oxygens (including phenoxy) is 2. The summed E-state index contributed by atoms with van der Waals surface area (Å²) in [7, 11) is 0. The van der Waals surface area contributed by atoms with Gasteiger partial charge in [0.15, 0.2) is 11.5 Å². The highest BCUT2D eigenvalue weighted by molar-refractivity contribution is 6.33. The van der Waals surface area contributed by atoms with E-state index in [-0.39, 0.29) is 6.79 Å². The van der Waals surface area contributed by atoms with Gasteiger partial charge in [-0.25, -0.2) is 4.98 Å². The summed E-state index contributed by atoms with van der Waals surface area (Å²) in [6, 6.07) is 11.8. The van der Waals surface area contributed by atoms with Crippen LogP contribution in [0.2, 0.25) is 5.02 Å². The summed E-state index contributed by atoms with van der Waals surface area (Å²) in [6.07, 6.45) is 0. The van der Waals surface area contributed by atoms with E-state index in [1.54, 1.807) is 0 Å². The second-order valence-corrected chi connectivity index (χ2v) is 7.23. The summed E-state index contributed by atoms with van der Waals surface area (Å²) in [6.45, 7) is 6.84. The van der Waals surface area contributed by atoms with Crippen LogP contribution in [0, 0.1) is 20.8 Å². The van der Waals surface area contributed by atoms with E-state index in [1.165, 1.54) is 0 Å². The maximum Gasteiger partial charge on any atom is 0.231 e. The molecule has 28 heavy (non-hydrogen) atoms. The first-order chi connectivity index (χ1) is 13.5. The summed E-state index contributed by atoms with van der Waals surface area (Å²) in [5.41, 5.74) is 4.91. The number of anilines is 3. The first-order valence-corrected chi connectivity index (χ1v) is 9.37. The van der Waals surface area contributed by atoms with Crippen LogP contribution in [-0.2, 0) is 6.54 Å². The monoisotopic (exact) mass is 396 g/mol. The molecule has 1 aliphatic heterocycles. The zero-order valence-corrected chi connectivity index (χ0v) is 16.7. The van der Waals surface area contributed by atoms with E-state index in [2.05, 4.69) is 26.7 Å². The zero-order chi connectivity index (χ0) is 19.7. The average molecular weight is 397 g/mol. The van der Waals surface area contributed by atoms with Gasteiger partial charge in [-0.05, 0) is 55.7 Å². The van der Waals surface area contributed by atoms with Gasteiger partial charge in [-0.15, -0.1) is 0 Å². The van der Waals surface area contributed by atoms with Gasteiger partial charge in [0.05, 0.1) is 10.7 Å². The molecule has 2 heterocycles. The molecule has 7 heteroatoms. The van der Waals surface area contributed by atoms with Crippen LogP contribution in [0.5, 0.6) is 11.5 Å². The summed E-state index contributed by atoms with van der Waals surface area (Å²) in [4.78, 5) is 9.05. The summed E-state index contributed by atoms with van der Waals surface area (Å²) in [5, 5.41) is 7.24. The maximum absolute atomic E-state index is 6.40. The molecule has 1 aliphatic rings. The van der Waals surface area contributed by atoms with Gasteiger partial charge < -0.3 is 20.1 Å². The number of fused-ring (bicyclic) bond motifs is 1. The molecular weight excluding hydrogens is 376 g/mol. The van der Waals surface area contributed by atoms with Crippen LogP contribution in [-0.4, -0.2) is 16.8 Å². The molecule has 2 aromatic carbocycles. The number of halogens is 1. The van der Waals surface area contributed by atoms with Gasteiger partial charge in [0.25, 0.3) is 0 Å². The van der Waals surface area contributed by atoms with Crippen molar-refractivity contribution in [3.05, 3.63) is 63.8 Å². The summed E-state index contributed by atoms with van der Waals surface area (Å²) >= 11 is 6.40. The highest BCUT2D eigenvalue weighted by atomic mass is 35.5. The van der Waals surface area contributed by atoms with Crippen molar-refractivity contribution >= 4 is 29.1 Å². The van der Waals surface area contributed by atoms with Crippen LogP contribution < -0.4 is 20.1 Å². The van der Waals surface area contributed by atoms with Gasteiger partial charge in [0.1, 0.15) is 5.82 Å². The standard InChI is InChI=1S/C21H21ClN4O2/c1-12-6-13(2)20(16(22)7-12)26-21-24-14(3)8-19(25-21)23-10-15-4-5-17-18(9-15)28-11-27-17/h4-9H,10-11H2,1-3H3,(H2,23,24,25,26). The molecule has 144 valence electrons. The van der Waals surface area contributed by atoms with E-state index < -0.39 is 0 Å². The minimum atomic E-state index is 0.271. The fourth-order valence-corrected chi connectivity index (χ4v) is 3.51. The zero-order valence-electron chi connectivity index (χ0n) is 16.0. The Morgan fingerprint density at radius 1 is 1.00 bits per heavy atom. The van der Waals surface area contributed by atoms with E-state index in [4.69, 9.17) is 21.1 Å². The third-order valence-corrected chi connectivity index (χ3v) is 4.73. The summed E-state index contributed by atoms with van der Waals surface area (Å²) in [5.74, 6) is 2.78. The quantitative estimate of drug-likeness (QED) is 0.622. The fourth-order valence-electron chi connectivity index (χ4n) is 3.14. The lowest BCUT2D eigenvalue weighted by atomic mass is 10.1. The third-order valence-electron chi connectivity index (χ3n) is 4.43. The number of rotatable bonds is 5. The van der Waals surface area contributed by atoms with Crippen molar-refractivity contribution in [2.24, 2.45) is 0 Å². The van der Waals surface area contributed by atoms with Crippen LogP contribution in [0.1, 0.15) is 22.4 Å². The molecule has 3 aromatic rings. The summed E-state index contributed by atoms with van der Waals surface area (Å²) < 4.78 is 10.8. The van der Waals surface area contributed by atoms with Crippen LogP contribution in [0.25, 0.3) is 0 Å². The molecule has 0 radical (unpaired) electrons. The van der Waals surface area contributed by atoms with Gasteiger partial charge in [-0.3, -0.25) is 0 Å². The molecular formula is C21H21ClN4O2. The molecule has 4 rings (SSSR count). The maximum atomic E-state index is 6.40. The Hall–Kier alpha value is -2.99. The lowest BCUT2D eigenvalue weighted by Gasteiger charge is -2.13. The van der Waals surface area contributed by atoms with Crippen LogP contribution in [0.3, 0.4) is 0 Å². The van der Waals surface area contributed by atoms with Gasteiger partial charge in [0, 0.05) is 18.3 Å². The van der Waals surface area contributed by atoms with Crippen LogP contribution in [0.4, 0.5) is 17.5 Å². The van der Waals surface area contributed by atoms with Crippen molar-refractivity contribution in [3.8, 4) is 11.5 Å². The largest absolute Gasteiger partial charge is 0.454 e. The predicted octanol–water partition coefficient (Wildman–Crippen LogP) is 5.14. The van der Waals surface area contributed by atoms with E-state index in [1.807, 2.05) is 51.1 Å². The lowest BCUT2D eigenvalue weighted by molar-refractivity contribution is 0.174. The molecule has 0 spiro atoms. The number of hydrogen-bond donors (Lipinski definition) is 2. The Kier molecular flexibility index (Phi) is 4.96. The number of aryl methyl sites for hydroxylation is 3. The van der Waals surface area contributed by atoms with Crippen LogP contribution in [0.15, 0.2) is 36.4 Å². The Bertz CT molecular complexity index is 1020. The number of benzene rings is 2. The first-order valence-electron chi connectivity index (χ1n) is 9.00. The SMILES string of the molecule is Cc1cc(C)c(Nc2nc(C)cc(NCc3ccc4c(c3)OCO4)n2)c(Cl)c1. The van der Waals surface area contributed by atoms with Crippen molar-refractivity contribution < 1.29 is 9.47 Å². The normalized spacial score (nSPS) is 12.1. The Labute approximate surface area is 168 Å². The second-order valence-electron chi connectivity index (χ2n) is 6.82. The Balaban J connectivity index is 1.51. The highest BCUT2D eigenvalue weighted by Crippen LogP contribution is 2.33. The molecule has 0 saturated carbocycles. The van der Waals surface area contributed by atoms with E-state index in [0.29, 0.717) is 17.5 Å². The Morgan fingerprint density at radius 2 is 1.82 bits per heavy atom. The molecule has 2 N–H and O–H groups in total. The molecule has 0 fully saturated rings. The highest BCUT2D eigenvalue weighted by Gasteiger charge is 2.13. The van der Waals surface area contributed by atoms with E-state index >= 15 is 0 Å². The molecule has 0 saturated heterocycles. The van der Waals surface area contributed by atoms with E-state index in [0.717, 1.165) is 45.4 Å². The minimum absolute atomic E-state index is 0.271. The van der Waals surface area contributed by atoms with Crippen molar-refractivity contribution in [1.29, 1.82) is 0 Å². The molecule has 0 amide bonds. The number of nitrogens with zero attached hydrogens (tertiary/aromatic N) is 2. The predicted molar refractivity (Wildman–Crippen MR) is 111 cm³/mol. The van der Waals surface area contributed by atoms with Gasteiger partial charge >= 0.3 is 0 Å². The molecule has 6 nitrogen and oxygen atoms in total. The fraction of sp³-hybridized carbons (Fsp3) is 0.238. The van der Waals surface area contributed by atoms with Crippen molar-refractivity contribution in [2.75, 3.05) is 17.4 Å². The Morgan fingerprint density at radius 3 is 2.64 bits per heavy atom. The molecule has 1 aromatic heterocycles. The number of nitrogens with one attached hydrogen (secondary N) is 2. The van der Waals surface area contributed by atoms with E-state index in [9.17, 15) is 0 Å². The van der Waals surface area contributed by atoms with Crippen molar-refractivity contribution in [3.63, 3.8) is 0 Å². The van der Waals surface area contributed by atoms with Gasteiger partial charge in [-0.1, -0.05) is 23.7 Å². The van der Waals surface area contributed by atoms with Gasteiger partial charge in [-0.2, -0.15) is 4.98 Å². The average Bonchev–Trinajstić information content (AvgIpc) is 3.10. The van der Waals surface area contributed by atoms with Crippen molar-refractivity contribution in [1.82, 2.24) is 9.97 Å². The lowest BCUT2D eigenvalue weighted by Crippen LogP contribution is -2.06. The molecule has 0 unspecified atom stereocenters. The second kappa shape index (κ2) is 7.56. The smallest absolute Gasteiger partial charge is 0.231 e. The van der Waals surface area contributed by atoms with Gasteiger partial charge in [0.2, 0.25) is 12.7 Å². The number of aromatic nitrogens is 2. The molecule has 0 bridgehead atoms. The molecule has 0 atom stereocenters. The third kappa shape index (κ3) is 3.97. The topological polar surface area (TPSA) is 68.3 Å². The number of hydrogen-bond acceptors (Lipinski definition) is 6. The van der Waals surface area contributed by atoms with Crippen molar-refractivity contribution in [2.45, 2.75) is 27.3 Å². The minimum Gasteiger partial charge on any atom is -0.454 e. The van der Waals surface area contributed by atoms with Crippen LogP contribution >= 0.6 is 11.6 Å². The first kappa shape index (κ1) is 18.4. The molecule has 0 aliphatic carbocycles.